The van der Waals surface area contributed by atoms with Crippen LogP contribution in [0.25, 0.3) is 0 Å². The minimum Gasteiger partial charge on any atom is -0.316 e. The SMILES string of the molecule is CCCNCC(Cc1ccsc1)Cc1cccc(Br)c1. The number of nitrogens with one attached hydrogen (secondary N) is 1. The standard InChI is InChI=1S/C17H22BrNS/c1-2-7-19-12-16(10-15-6-8-20-13-15)9-14-4-3-5-17(18)11-14/h3-6,8,11,13,16,19H,2,7,9-10,12H2,1H3. The molecule has 0 spiro atoms. The van der Waals surface area contributed by atoms with Gasteiger partial charge < -0.3 is 5.32 Å². The van der Waals surface area contributed by atoms with E-state index in [9.17, 15) is 0 Å². The first kappa shape index (κ1) is 15.7. The van der Waals surface area contributed by atoms with Crippen molar-refractivity contribution >= 4 is 27.3 Å². The molecule has 1 heterocycles. The zero-order valence-electron chi connectivity index (χ0n) is 11.9. The monoisotopic (exact) mass is 351 g/mol. The highest BCUT2D eigenvalue weighted by atomic mass is 79.9. The molecule has 1 aromatic carbocycles. The molecule has 1 unspecified atom stereocenters. The van der Waals surface area contributed by atoms with Gasteiger partial charge in [-0.15, -0.1) is 0 Å². The van der Waals surface area contributed by atoms with Crippen LogP contribution in [0.15, 0.2) is 45.6 Å². The maximum absolute atomic E-state index is 3.57. The van der Waals surface area contributed by atoms with Gasteiger partial charge in [0.05, 0.1) is 0 Å². The lowest BCUT2D eigenvalue weighted by molar-refractivity contribution is 0.471. The van der Waals surface area contributed by atoms with Crippen LogP contribution in [0.5, 0.6) is 0 Å². The summed E-state index contributed by atoms with van der Waals surface area (Å²) in [7, 11) is 0. The summed E-state index contributed by atoms with van der Waals surface area (Å²) in [5.41, 5.74) is 2.88. The summed E-state index contributed by atoms with van der Waals surface area (Å²) < 4.78 is 1.17. The summed E-state index contributed by atoms with van der Waals surface area (Å²) in [6.07, 6.45) is 3.49. The van der Waals surface area contributed by atoms with E-state index in [2.05, 4.69) is 69.3 Å². The number of hydrogen-bond acceptors (Lipinski definition) is 2. The summed E-state index contributed by atoms with van der Waals surface area (Å²) in [4.78, 5) is 0. The highest BCUT2D eigenvalue weighted by Gasteiger charge is 2.11. The van der Waals surface area contributed by atoms with Crippen LogP contribution in [0.3, 0.4) is 0 Å². The van der Waals surface area contributed by atoms with Gasteiger partial charge in [-0.25, -0.2) is 0 Å². The largest absolute Gasteiger partial charge is 0.316 e. The predicted octanol–water partition coefficient (Wildman–Crippen LogP) is 4.91. The molecule has 3 heteroatoms. The van der Waals surface area contributed by atoms with Gasteiger partial charge in [-0.2, -0.15) is 11.3 Å². The summed E-state index contributed by atoms with van der Waals surface area (Å²) in [6.45, 7) is 4.42. The van der Waals surface area contributed by atoms with Crippen LogP contribution < -0.4 is 5.32 Å². The maximum Gasteiger partial charge on any atom is 0.0177 e. The molecule has 0 aliphatic heterocycles. The lowest BCUT2D eigenvalue weighted by Gasteiger charge is -2.17. The molecule has 20 heavy (non-hydrogen) atoms. The highest BCUT2D eigenvalue weighted by molar-refractivity contribution is 9.10. The summed E-state index contributed by atoms with van der Waals surface area (Å²) in [5.74, 6) is 0.658. The molecule has 0 saturated carbocycles. The fourth-order valence-electron chi connectivity index (χ4n) is 2.44. The quantitative estimate of drug-likeness (QED) is 0.666. The van der Waals surface area contributed by atoms with E-state index in [0.717, 1.165) is 25.9 Å². The van der Waals surface area contributed by atoms with Crippen molar-refractivity contribution in [2.75, 3.05) is 13.1 Å². The third-order valence-electron chi connectivity index (χ3n) is 3.38. The third kappa shape index (κ3) is 5.39. The molecule has 2 aromatic rings. The molecule has 1 atom stereocenters. The second-order valence-corrected chi connectivity index (χ2v) is 6.94. The van der Waals surface area contributed by atoms with Crippen molar-refractivity contribution in [2.24, 2.45) is 5.92 Å². The van der Waals surface area contributed by atoms with E-state index in [1.54, 1.807) is 11.3 Å². The number of rotatable bonds is 8. The van der Waals surface area contributed by atoms with Crippen LogP contribution in [0, 0.1) is 5.92 Å². The molecule has 2 rings (SSSR count). The van der Waals surface area contributed by atoms with E-state index in [1.165, 1.54) is 22.0 Å². The third-order valence-corrected chi connectivity index (χ3v) is 4.60. The minimum atomic E-state index is 0.658. The molecule has 0 amide bonds. The Kier molecular flexibility index (Phi) is 6.77. The molecule has 0 bridgehead atoms. The van der Waals surface area contributed by atoms with Crippen LogP contribution >= 0.6 is 27.3 Å². The van der Waals surface area contributed by atoms with Gasteiger partial charge in [0.25, 0.3) is 0 Å². The van der Waals surface area contributed by atoms with Crippen molar-refractivity contribution in [2.45, 2.75) is 26.2 Å². The van der Waals surface area contributed by atoms with E-state index in [-0.39, 0.29) is 0 Å². The summed E-state index contributed by atoms with van der Waals surface area (Å²) in [5, 5.41) is 8.02. The zero-order chi connectivity index (χ0) is 14.2. The van der Waals surface area contributed by atoms with Crippen molar-refractivity contribution < 1.29 is 0 Å². The van der Waals surface area contributed by atoms with Crippen molar-refractivity contribution in [3.8, 4) is 0 Å². The predicted molar refractivity (Wildman–Crippen MR) is 92.5 cm³/mol. The minimum absolute atomic E-state index is 0.658. The van der Waals surface area contributed by atoms with Crippen LogP contribution in [0.4, 0.5) is 0 Å². The smallest absolute Gasteiger partial charge is 0.0177 e. The van der Waals surface area contributed by atoms with Crippen LogP contribution in [-0.2, 0) is 12.8 Å². The van der Waals surface area contributed by atoms with Crippen molar-refractivity contribution in [3.05, 3.63) is 56.7 Å². The van der Waals surface area contributed by atoms with Gasteiger partial charge in [0, 0.05) is 4.47 Å². The summed E-state index contributed by atoms with van der Waals surface area (Å²) >= 11 is 5.35. The van der Waals surface area contributed by atoms with Crippen LogP contribution in [0.1, 0.15) is 24.5 Å². The van der Waals surface area contributed by atoms with Gasteiger partial charge in [0.1, 0.15) is 0 Å². The maximum atomic E-state index is 3.57. The van der Waals surface area contributed by atoms with Gasteiger partial charge in [-0.05, 0) is 78.4 Å². The normalized spacial score (nSPS) is 12.5. The molecule has 1 nitrogen and oxygen atoms in total. The van der Waals surface area contributed by atoms with Crippen molar-refractivity contribution in [3.63, 3.8) is 0 Å². The molecular weight excluding hydrogens is 330 g/mol. The second-order valence-electron chi connectivity index (χ2n) is 5.24. The van der Waals surface area contributed by atoms with E-state index in [1.807, 2.05) is 0 Å². The van der Waals surface area contributed by atoms with Crippen molar-refractivity contribution in [1.29, 1.82) is 0 Å². The number of benzene rings is 1. The molecule has 108 valence electrons. The molecule has 0 aliphatic carbocycles. The first-order valence-corrected chi connectivity index (χ1v) is 8.97. The number of hydrogen-bond donors (Lipinski definition) is 1. The Morgan fingerprint density at radius 3 is 2.75 bits per heavy atom. The average molecular weight is 352 g/mol. The Labute approximate surface area is 134 Å². The first-order valence-electron chi connectivity index (χ1n) is 7.24. The van der Waals surface area contributed by atoms with E-state index >= 15 is 0 Å². The van der Waals surface area contributed by atoms with E-state index in [4.69, 9.17) is 0 Å². The van der Waals surface area contributed by atoms with Gasteiger partial charge in [-0.1, -0.05) is 35.0 Å². The first-order chi connectivity index (χ1) is 9.78. The van der Waals surface area contributed by atoms with Gasteiger partial charge in [-0.3, -0.25) is 0 Å². The van der Waals surface area contributed by atoms with Gasteiger partial charge in [0.15, 0.2) is 0 Å². The Hall–Kier alpha value is -0.640. The molecule has 1 N–H and O–H groups in total. The number of halogens is 1. The molecule has 0 saturated heterocycles. The van der Waals surface area contributed by atoms with E-state index in [0.29, 0.717) is 5.92 Å². The molecule has 0 aliphatic rings. The Bertz CT molecular complexity index is 495. The van der Waals surface area contributed by atoms with Crippen LogP contribution in [0.2, 0.25) is 0 Å². The molecule has 1 aromatic heterocycles. The van der Waals surface area contributed by atoms with Gasteiger partial charge in [0.2, 0.25) is 0 Å². The van der Waals surface area contributed by atoms with E-state index < -0.39 is 0 Å². The second kappa shape index (κ2) is 8.60. The topological polar surface area (TPSA) is 12.0 Å². The fraction of sp³-hybridized carbons (Fsp3) is 0.412. The van der Waals surface area contributed by atoms with Gasteiger partial charge >= 0.3 is 0 Å². The lowest BCUT2D eigenvalue weighted by Crippen LogP contribution is -2.26. The molecule has 0 fully saturated rings. The lowest BCUT2D eigenvalue weighted by atomic mass is 9.93. The number of thiophene rings is 1. The molecule has 0 radical (unpaired) electrons. The Balaban J connectivity index is 1.97. The Morgan fingerprint density at radius 2 is 2.05 bits per heavy atom. The Morgan fingerprint density at radius 1 is 1.20 bits per heavy atom. The average Bonchev–Trinajstić information content (AvgIpc) is 2.92. The zero-order valence-corrected chi connectivity index (χ0v) is 14.3. The fourth-order valence-corrected chi connectivity index (χ4v) is 3.57. The van der Waals surface area contributed by atoms with Crippen LogP contribution in [-0.4, -0.2) is 13.1 Å². The summed E-state index contributed by atoms with van der Waals surface area (Å²) in [6, 6.07) is 10.9. The molecular formula is C17H22BrNS. The van der Waals surface area contributed by atoms with Crippen molar-refractivity contribution in [1.82, 2.24) is 5.32 Å². The highest BCUT2D eigenvalue weighted by Crippen LogP contribution is 2.19.